The smallest absolute Gasteiger partial charge is 0.312 e. The van der Waals surface area contributed by atoms with Crippen molar-refractivity contribution in [1.29, 1.82) is 0 Å². The van der Waals surface area contributed by atoms with Crippen molar-refractivity contribution < 1.29 is 9.90 Å². The summed E-state index contributed by atoms with van der Waals surface area (Å²) in [7, 11) is 0. The highest BCUT2D eigenvalue weighted by Gasteiger charge is 2.44. The average Bonchev–Trinajstić information content (AvgIpc) is 2.93. The summed E-state index contributed by atoms with van der Waals surface area (Å²) in [5.74, 6) is -0.514. The molecule has 3 nitrogen and oxygen atoms in total. The van der Waals surface area contributed by atoms with Crippen LogP contribution in [0.1, 0.15) is 31.7 Å². The average molecular weight is 247 g/mol. The Morgan fingerprint density at radius 1 is 1.44 bits per heavy atom. The Labute approximate surface area is 108 Å². The van der Waals surface area contributed by atoms with Crippen molar-refractivity contribution in [3.8, 4) is 0 Å². The molecule has 18 heavy (non-hydrogen) atoms. The summed E-state index contributed by atoms with van der Waals surface area (Å²) in [6.07, 6.45) is 1.24. The van der Waals surface area contributed by atoms with E-state index in [1.54, 1.807) is 0 Å². The lowest BCUT2D eigenvalue weighted by molar-refractivity contribution is -0.138. The number of aliphatic carboxylic acids is 1. The summed E-state index contributed by atoms with van der Waals surface area (Å²) in [4.78, 5) is 11.3. The van der Waals surface area contributed by atoms with Crippen molar-refractivity contribution in [2.75, 3.05) is 13.1 Å². The van der Waals surface area contributed by atoms with Gasteiger partial charge in [0.25, 0.3) is 0 Å². The quantitative estimate of drug-likeness (QED) is 0.812. The third-order valence-electron chi connectivity index (χ3n) is 3.96. The lowest BCUT2D eigenvalue weighted by Crippen LogP contribution is -2.28. The maximum absolute atomic E-state index is 11.3. The van der Waals surface area contributed by atoms with Gasteiger partial charge in [0.2, 0.25) is 0 Å². The molecule has 3 heteroatoms. The lowest BCUT2D eigenvalue weighted by atomic mass is 9.99. The summed E-state index contributed by atoms with van der Waals surface area (Å²) >= 11 is 0. The zero-order valence-corrected chi connectivity index (χ0v) is 11.0. The van der Waals surface area contributed by atoms with Crippen LogP contribution in [0, 0.1) is 11.3 Å². The Hall–Kier alpha value is -1.35. The van der Waals surface area contributed by atoms with Crippen LogP contribution in [0.4, 0.5) is 0 Å². The number of hydrogen-bond donors (Lipinski definition) is 2. The largest absolute Gasteiger partial charge is 0.481 e. The molecule has 0 aliphatic heterocycles. The van der Waals surface area contributed by atoms with Crippen LogP contribution in [0.5, 0.6) is 0 Å². The third-order valence-corrected chi connectivity index (χ3v) is 3.96. The fourth-order valence-electron chi connectivity index (χ4n) is 2.36. The highest BCUT2D eigenvalue weighted by atomic mass is 16.4. The first-order valence-corrected chi connectivity index (χ1v) is 6.49. The van der Waals surface area contributed by atoms with Gasteiger partial charge in [-0.1, -0.05) is 44.2 Å². The molecular weight excluding hydrogens is 226 g/mol. The van der Waals surface area contributed by atoms with Gasteiger partial charge in [-0.05, 0) is 29.9 Å². The second kappa shape index (κ2) is 5.11. The standard InChI is InChI=1S/C15H21NO2/c1-15(2)8-12(15)9-16-10-13(14(17)18)11-6-4-3-5-7-11/h3-7,12-13,16H,8-10H2,1-2H3,(H,17,18). The monoisotopic (exact) mass is 247 g/mol. The first-order chi connectivity index (χ1) is 8.50. The van der Waals surface area contributed by atoms with Crippen molar-refractivity contribution in [1.82, 2.24) is 5.32 Å². The molecule has 1 saturated carbocycles. The zero-order chi connectivity index (χ0) is 13.2. The Morgan fingerprint density at radius 2 is 2.06 bits per heavy atom. The second-order valence-corrected chi connectivity index (χ2v) is 5.85. The van der Waals surface area contributed by atoms with E-state index in [1.165, 1.54) is 6.42 Å². The van der Waals surface area contributed by atoms with Gasteiger partial charge in [0.1, 0.15) is 0 Å². The predicted molar refractivity (Wildman–Crippen MR) is 71.6 cm³/mol. The van der Waals surface area contributed by atoms with Gasteiger partial charge < -0.3 is 10.4 Å². The first kappa shape index (κ1) is 13.1. The number of carbonyl (C=O) groups is 1. The molecular formula is C15H21NO2. The summed E-state index contributed by atoms with van der Waals surface area (Å²) in [5, 5.41) is 12.6. The Kier molecular flexibility index (Phi) is 3.71. The molecule has 2 N–H and O–H groups in total. The van der Waals surface area contributed by atoms with E-state index in [0.29, 0.717) is 17.9 Å². The maximum Gasteiger partial charge on any atom is 0.312 e. The molecule has 1 aliphatic carbocycles. The molecule has 2 unspecified atom stereocenters. The van der Waals surface area contributed by atoms with E-state index >= 15 is 0 Å². The van der Waals surface area contributed by atoms with Gasteiger partial charge in [0.05, 0.1) is 5.92 Å². The molecule has 0 bridgehead atoms. The highest BCUT2D eigenvalue weighted by Crippen LogP contribution is 2.50. The van der Waals surface area contributed by atoms with Crippen LogP contribution < -0.4 is 5.32 Å². The van der Waals surface area contributed by atoms with Gasteiger partial charge in [-0.15, -0.1) is 0 Å². The van der Waals surface area contributed by atoms with Crippen LogP contribution >= 0.6 is 0 Å². The van der Waals surface area contributed by atoms with Gasteiger partial charge in [-0.25, -0.2) is 0 Å². The maximum atomic E-state index is 11.3. The van der Waals surface area contributed by atoms with Gasteiger partial charge in [0.15, 0.2) is 0 Å². The molecule has 0 spiro atoms. The number of carboxylic acid groups (broad SMARTS) is 1. The van der Waals surface area contributed by atoms with E-state index in [9.17, 15) is 9.90 Å². The Balaban J connectivity index is 1.86. The molecule has 0 heterocycles. The van der Waals surface area contributed by atoms with Gasteiger partial charge in [0, 0.05) is 6.54 Å². The van der Waals surface area contributed by atoms with Crippen molar-refractivity contribution >= 4 is 5.97 Å². The van der Waals surface area contributed by atoms with Crippen molar-refractivity contribution in [3.63, 3.8) is 0 Å². The molecule has 0 radical (unpaired) electrons. The number of rotatable bonds is 6. The van der Waals surface area contributed by atoms with Crippen LogP contribution in [-0.4, -0.2) is 24.2 Å². The van der Waals surface area contributed by atoms with Crippen molar-refractivity contribution in [3.05, 3.63) is 35.9 Å². The molecule has 0 amide bonds. The molecule has 2 atom stereocenters. The summed E-state index contributed by atoms with van der Waals surface area (Å²) < 4.78 is 0. The number of benzene rings is 1. The Bertz CT molecular complexity index is 414. The van der Waals surface area contributed by atoms with Crippen LogP contribution in [-0.2, 0) is 4.79 Å². The van der Waals surface area contributed by atoms with Crippen LogP contribution in [0.15, 0.2) is 30.3 Å². The van der Waals surface area contributed by atoms with Gasteiger partial charge >= 0.3 is 5.97 Å². The minimum absolute atomic E-state index is 0.443. The molecule has 1 aromatic carbocycles. The van der Waals surface area contributed by atoms with Crippen molar-refractivity contribution in [2.45, 2.75) is 26.2 Å². The normalized spacial score (nSPS) is 22.4. The van der Waals surface area contributed by atoms with E-state index in [-0.39, 0.29) is 0 Å². The van der Waals surface area contributed by atoms with Gasteiger partial charge in [-0.2, -0.15) is 0 Å². The second-order valence-electron chi connectivity index (χ2n) is 5.85. The minimum Gasteiger partial charge on any atom is -0.481 e. The molecule has 0 aromatic heterocycles. The molecule has 98 valence electrons. The van der Waals surface area contributed by atoms with Crippen LogP contribution in [0.3, 0.4) is 0 Å². The van der Waals surface area contributed by atoms with Crippen molar-refractivity contribution in [2.24, 2.45) is 11.3 Å². The van der Waals surface area contributed by atoms with Crippen LogP contribution in [0.25, 0.3) is 0 Å². The molecule has 1 fully saturated rings. The minimum atomic E-state index is -0.760. The SMILES string of the molecule is CC1(C)CC1CNCC(C(=O)O)c1ccccc1. The third kappa shape index (κ3) is 3.10. The van der Waals surface area contributed by atoms with E-state index in [0.717, 1.165) is 12.1 Å². The summed E-state index contributed by atoms with van der Waals surface area (Å²) in [5.41, 5.74) is 1.31. The van der Waals surface area contributed by atoms with E-state index in [1.807, 2.05) is 30.3 Å². The molecule has 1 aliphatic rings. The summed E-state index contributed by atoms with van der Waals surface area (Å²) in [6, 6.07) is 9.43. The van der Waals surface area contributed by atoms with E-state index in [4.69, 9.17) is 0 Å². The predicted octanol–water partition coefficient (Wildman–Crippen LogP) is 2.49. The van der Waals surface area contributed by atoms with Gasteiger partial charge in [-0.3, -0.25) is 4.79 Å². The van der Waals surface area contributed by atoms with E-state index in [2.05, 4.69) is 19.2 Å². The van der Waals surface area contributed by atoms with E-state index < -0.39 is 11.9 Å². The molecule has 2 rings (SSSR count). The topological polar surface area (TPSA) is 49.3 Å². The molecule has 0 saturated heterocycles. The zero-order valence-electron chi connectivity index (χ0n) is 11.0. The first-order valence-electron chi connectivity index (χ1n) is 6.49. The highest BCUT2D eigenvalue weighted by molar-refractivity contribution is 5.76. The number of hydrogen-bond acceptors (Lipinski definition) is 2. The number of carboxylic acids is 1. The fraction of sp³-hybridized carbons (Fsp3) is 0.533. The summed E-state index contributed by atoms with van der Waals surface area (Å²) in [6.45, 7) is 5.94. The van der Waals surface area contributed by atoms with Crippen LogP contribution in [0.2, 0.25) is 0 Å². The molecule has 1 aromatic rings. The Morgan fingerprint density at radius 3 is 2.56 bits per heavy atom. The number of nitrogens with one attached hydrogen (secondary N) is 1. The fourth-order valence-corrected chi connectivity index (χ4v) is 2.36. The lowest BCUT2D eigenvalue weighted by Gasteiger charge is -2.14.